The van der Waals surface area contributed by atoms with Crippen molar-refractivity contribution in [1.82, 2.24) is 5.32 Å². The molecule has 0 aliphatic carbocycles. The summed E-state index contributed by atoms with van der Waals surface area (Å²) < 4.78 is 5.40. The van der Waals surface area contributed by atoms with E-state index in [9.17, 15) is 4.79 Å². The van der Waals surface area contributed by atoms with E-state index in [-0.39, 0.29) is 11.9 Å². The van der Waals surface area contributed by atoms with Crippen LogP contribution in [0.1, 0.15) is 25.7 Å². The van der Waals surface area contributed by atoms with Gasteiger partial charge in [0.1, 0.15) is 0 Å². The smallest absolute Gasteiger partial charge is 0.227 e. The Morgan fingerprint density at radius 3 is 2.83 bits per heavy atom. The largest absolute Gasteiger partial charge is 0.381 e. The molecule has 0 spiro atoms. The highest BCUT2D eigenvalue weighted by Gasteiger charge is 2.40. The number of ether oxygens (including phenoxy) is 1. The minimum Gasteiger partial charge on any atom is -0.381 e. The summed E-state index contributed by atoms with van der Waals surface area (Å²) in [5, 5.41) is 4.00. The van der Waals surface area contributed by atoms with Crippen molar-refractivity contribution in [2.24, 2.45) is 11.1 Å². The van der Waals surface area contributed by atoms with E-state index in [2.05, 4.69) is 10.2 Å². The number of hydrogen-bond acceptors (Lipinski definition) is 4. The van der Waals surface area contributed by atoms with Crippen LogP contribution < -0.4 is 16.0 Å². The van der Waals surface area contributed by atoms with Gasteiger partial charge in [0.15, 0.2) is 0 Å². The van der Waals surface area contributed by atoms with Crippen molar-refractivity contribution in [3.8, 4) is 0 Å². The zero-order valence-electron chi connectivity index (χ0n) is 14.0. The zero-order valence-corrected chi connectivity index (χ0v) is 14.7. The van der Waals surface area contributed by atoms with Gasteiger partial charge in [0.2, 0.25) is 5.91 Å². The second-order valence-electron chi connectivity index (χ2n) is 6.81. The van der Waals surface area contributed by atoms with Crippen molar-refractivity contribution in [2.75, 3.05) is 37.7 Å². The Morgan fingerprint density at radius 2 is 2.12 bits per heavy atom. The molecule has 3 N–H and O–H groups in total. The molecule has 2 aliphatic heterocycles. The summed E-state index contributed by atoms with van der Waals surface area (Å²) in [4.78, 5) is 15.1. The number of rotatable bonds is 4. The first-order chi connectivity index (χ1) is 11.6. The fraction of sp³-hybridized carbons (Fsp3) is 0.611. The maximum Gasteiger partial charge on any atom is 0.227 e. The molecule has 2 fully saturated rings. The number of nitrogens with one attached hydrogen (secondary N) is 1. The Labute approximate surface area is 148 Å². The van der Waals surface area contributed by atoms with Crippen LogP contribution in [0.2, 0.25) is 5.02 Å². The van der Waals surface area contributed by atoms with Crippen LogP contribution in [0.5, 0.6) is 0 Å². The molecule has 0 saturated carbocycles. The van der Waals surface area contributed by atoms with Gasteiger partial charge in [0.05, 0.1) is 16.1 Å². The molecule has 2 aliphatic rings. The summed E-state index contributed by atoms with van der Waals surface area (Å²) in [6.07, 6.45) is 3.44. The zero-order chi connectivity index (χ0) is 17.0. The second kappa shape index (κ2) is 7.72. The van der Waals surface area contributed by atoms with Crippen LogP contribution in [-0.2, 0) is 9.53 Å². The molecule has 1 aromatic rings. The number of amides is 1. The van der Waals surface area contributed by atoms with E-state index < -0.39 is 5.41 Å². The molecule has 24 heavy (non-hydrogen) atoms. The van der Waals surface area contributed by atoms with E-state index in [0.29, 0.717) is 32.6 Å². The predicted molar refractivity (Wildman–Crippen MR) is 96.4 cm³/mol. The molecule has 0 bridgehead atoms. The molecule has 3 rings (SSSR count). The average Bonchev–Trinajstić information content (AvgIpc) is 2.63. The lowest BCUT2D eigenvalue weighted by molar-refractivity contribution is -0.136. The summed E-state index contributed by atoms with van der Waals surface area (Å²) in [5.74, 6) is 0.0827. The fourth-order valence-corrected chi connectivity index (χ4v) is 3.90. The van der Waals surface area contributed by atoms with E-state index in [0.717, 1.165) is 36.6 Å². The SMILES string of the molecule is NCC1(C(=O)NC2CCCN(c3ccccc3Cl)C2)CCOCC1. The Morgan fingerprint density at radius 1 is 1.38 bits per heavy atom. The molecule has 1 unspecified atom stereocenters. The van der Waals surface area contributed by atoms with Crippen LogP contribution in [0, 0.1) is 5.41 Å². The molecule has 1 atom stereocenters. The molecule has 6 heteroatoms. The third-order valence-corrected chi connectivity index (χ3v) is 5.59. The van der Waals surface area contributed by atoms with E-state index in [4.69, 9.17) is 22.1 Å². The van der Waals surface area contributed by atoms with Crippen LogP contribution >= 0.6 is 11.6 Å². The molecular weight excluding hydrogens is 326 g/mol. The number of halogens is 1. The highest BCUT2D eigenvalue weighted by Crippen LogP contribution is 2.31. The number of carbonyl (C=O) groups is 1. The summed E-state index contributed by atoms with van der Waals surface area (Å²) in [6.45, 7) is 3.35. The summed E-state index contributed by atoms with van der Waals surface area (Å²) in [6, 6.07) is 8.01. The number of anilines is 1. The number of nitrogens with two attached hydrogens (primary N) is 1. The van der Waals surface area contributed by atoms with E-state index in [1.165, 1.54) is 0 Å². The Hall–Kier alpha value is -1.30. The number of para-hydroxylation sites is 1. The molecule has 5 nitrogen and oxygen atoms in total. The van der Waals surface area contributed by atoms with E-state index in [1.54, 1.807) is 0 Å². The Bertz CT molecular complexity index is 575. The van der Waals surface area contributed by atoms with Crippen molar-refractivity contribution in [3.05, 3.63) is 29.3 Å². The van der Waals surface area contributed by atoms with Crippen molar-refractivity contribution in [3.63, 3.8) is 0 Å². The third kappa shape index (κ3) is 3.68. The van der Waals surface area contributed by atoms with Crippen LogP contribution in [0.3, 0.4) is 0 Å². The van der Waals surface area contributed by atoms with Crippen molar-refractivity contribution >= 4 is 23.2 Å². The van der Waals surface area contributed by atoms with Gasteiger partial charge in [0, 0.05) is 38.9 Å². The second-order valence-corrected chi connectivity index (χ2v) is 7.21. The molecule has 0 aromatic heterocycles. The van der Waals surface area contributed by atoms with Gasteiger partial charge < -0.3 is 20.7 Å². The lowest BCUT2D eigenvalue weighted by Gasteiger charge is -2.39. The topological polar surface area (TPSA) is 67.6 Å². The molecular formula is C18H26ClN3O2. The lowest BCUT2D eigenvalue weighted by atomic mass is 9.79. The van der Waals surface area contributed by atoms with Gasteiger partial charge in [-0.1, -0.05) is 23.7 Å². The van der Waals surface area contributed by atoms with Crippen LogP contribution in [-0.4, -0.2) is 44.8 Å². The number of nitrogens with zero attached hydrogens (tertiary/aromatic N) is 1. The highest BCUT2D eigenvalue weighted by atomic mass is 35.5. The maximum absolute atomic E-state index is 12.8. The molecule has 1 amide bonds. The number of benzene rings is 1. The summed E-state index contributed by atoms with van der Waals surface area (Å²) >= 11 is 6.32. The van der Waals surface area contributed by atoms with Crippen molar-refractivity contribution in [2.45, 2.75) is 31.7 Å². The van der Waals surface area contributed by atoms with Gasteiger partial charge in [-0.15, -0.1) is 0 Å². The Kier molecular flexibility index (Phi) is 5.64. The normalized spacial score (nSPS) is 23.8. The molecule has 132 valence electrons. The van der Waals surface area contributed by atoms with Gasteiger partial charge in [0.25, 0.3) is 0 Å². The van der Waals surface area contributed by atoms with Crippen molar-refractivity contribution in [1.29, 1.82) is 0 Å². The first-order valence-electron chi connectivity index (χ1n) is 8.73. The van der Waals surface area contributed by atoms with Gasteiger partial charge in [-0.25, -0.2) is 0 Å². The average molecular weight is 352 g/mol. The van der Waals surface area contributed by atoms with Crippen LogP contribution in [0.4, 0.5) is 5.69 Å². The first kappa shape index (κ1) is 17.5. The number of piperidine rings is 1. The monoisotopic (exact) mass is 351 g/mol. The first-order valence-corrected chi connectivity index (χ1v) is 9.11. The lowest BCUT2D eigenvalue weighted by Crippen LogP contribution is -2.55. The van der Waals surface area contributed by atoms with E-state index >= 15 is 0 Å². The summed E-state index contributed by atoms with van der Waals surface area (Å²) in [7, 11) is 0. The number of carbonyl (C=O) groups excluding carboxylic acids is 1. The highest BCUT2D eigenvalue weighted by molar-refractivity contribution is 6.33. The summed E-state index contributed by atoms with van der Waals surface area (Å²) in [5.41, 5.74) is 6.51. The number of hydrogen-bond donors (Lipinski definition) is 2. The predicted octanol–water partition coefficient (Wildman–Crippen LogP) is 2.18. The fourth-order valence-electron chi connectivity index (χ4n) is 3.65. The van der Waals surface area contributed by atoms with Gasteiger partial charge in [-0.3, -0.25) is 4.79 Å². The van der Waals surface area contributed by atoms with Gasteiger partial charge in [-0.2, -0.15) is 0 Å². The standard InChI is InChI=1S/C18H26ClN3O2/c19-15-5-1-2-6-16(15)22-9-3-4-14(12-22)21-17(23)18(13-20)7-10-24-11-8-18/h1-2,5-6,14H,3-4,7-13,20H2,(H,21,23). The minimum atomic E-state index is -0.467. The minimum absolute atomic E-state index is 0.0827. The molecule has 0 radical (unpaired) electrons. The Balaban J connectivity index is 1.65. The van der Waals surface area contributed by atoms with Crippen molar-refractivity contribution < 1.29 is 9.53 Å². The van der Waals surface area contributed by atoms with Gasteiger partial charge in [-0.05, 0) is 37.8 Å². The molecule has 2 saturated heterocycles. The van der Waals surface area contributed by atoms with E-state index in [1.807, 2.05) is 24.3 Å². The van der Waals surface area contributed by atoms with Gasteiger partial charge >= 0.3 is 0 Å². The van der Waals surface area contributed by atoms with Crippen LogP contribution in [0.15, 0.2) is 24.3 Å². The quantitative estimate of drug-likeness (QED) is 0.872. The molecule has 1 aromatic carbocycles. The molecule has 2 heterocycles. The third-order valence-electron chi connectivity index (χ3n) is 5.27. The van der Waals surface area contributed by atoms with Crippen LogP contribution in [0.25, 0.3) is 0 Å². The maximum atomic E-state index is 12.8.